The van der Waals surface area contributed by atoms with Crippen LogP contribution < -0.4 is 5.73 Å². The number of fused-ring (bicyclic) bond motifs is 3. The molecule has 0 fully saturated rings. The van der Waals surface area contributed by atoms with Crippen LogP contribution in [0.15, 0.2) is 29.2 Å². The molecule has 9 heteroatoms. The number of carbonyl (C=O) groups is 1. The third-order valence-electron chi connectivity index (χ3n) is 3.19. The lowest BCUT2D eigenvalue weighted by atomic mass is 10.1. The second-order valence-corrected chi connectivity index (χ2v) is 7.09. The Morgan fingerprint density at radius 2 is 2.05 bits per heavy atom. The minimum Gasteiger partial charge on any atom is -0.364 e. The van der Waals surface area contributed by atoms with Crippen molar-refractivity contribution in [1.82, 2.24) is 9.97 Å². The number of benzene rings is 1. The van der Waals surface area contributed by atoms with E-state index in [1.165, 1.54) is 24.3 Å². The van der Waals surface area contributed by atoms with Gasteiger partial charge in [0.1, 0.15) is 11.8 Å². The monoisotopic (exact) mass is 334 g/mol. The number of halogens is 1. The number of nitrogens with one attached hydrogen (secondary N) is 1. The first kappa shape index (κ1) is 14.3. The lowest BCUT2D eigenvalue weighted by Crippen LogP contribution is -2.14. The molecule has 0 aliphatic heterocycles. The summed E-state index contributed by atoms with van der Waals surface area (Å²) in [5.41, 5.74) is 6.10. The lowest BCUT2D eigenvalue weighted by molar-refractivity contribution is 0.0997. The predicted octanol–water partition coefficient (Wildman–Crippen LogP) is 1.61. The van der Waals surface area contributed by atoms with Crippen molar-refractivity contribution in [1.29, 1.82) is 5.26 Å². The molecule has 0 saturated heterocycles. The first-order chi connectivity index (χ1) is 10.3. The van der Waals surface area contributed by atoms with Crippen LogP contribution in [-0.2, 0) is 9.05 Å². The minimum absolute atomic E-state index is 0.00123. The van der Waals surface area contributed by atoms with E-state index in [1.807, 2.05) is 6.07 Å². The summed E-state index contributed by atoms with van der Waals surface area (Å²) in [5.74, 6) is -0.793. The Labute approximate surface area is 128 Å². The van der Waals surface area contributed by atoms with E-state index in [1.54, 1.807) is 0 Å². The van der Waals surface area contributed by atoms with Crippen molar-refractivity contribution in [2.75, 3.05) is 0 Å². The van der Waals surface area contributed by atoms with Gasteiger partial charge in [0, 0.05) is 27.0 Å². The van der Waals surface area contributed by atoms with Crippen LogP contribution in [-0.4, -0.2) is 24.3 Å². The summed E-state index contributed by atoms with van der Waals surface area (Å²) in [6, 6.07) is 7.50. The summed E-state index contributed by atoms with van der Waals surface area (Å²) in [5, 5.41) is 9.97. The van der Waals surface area contributed by atoms with Crippen LogP contribution in [0.1, 0.15) is 16.2 Å². The van der Waals surface area contributed by atoms with E-state index in [4.69, 9.17) is 21.7 Å². The Bertz CT molecular complexity index is 1100. The van der Waals surface area contributed by atoms with Crippen molar-refractivity contribution in [2.24, 2.45) is 5.73 Å². The molecule has 22 heavy (non-hydrogen) atoms. The molecule has 0 aliphatic carbocycles. The fraction of sp³-hybridized carbons (Fsp3) is 0. The molecule has 0 atom stereocenters. The molecular formula is C13H7ClN4O3S. The zero-order valence-corrected chi connectivity index (χ0v) is 12.4. The van der Waals surface area contributed by atoms with Crippen LogP contribution in [0.5, 0.6) is 0 Å². The molecule has 0 bridgehead atoms. The number of amides is 1. The first-order valence-electron chi connectivity index (χ1n) is 5.92. The number of pyridine rings is 1. The standard InChI is InChI=1S/C13H7ClN4O3S/c14-22(20,21)7-1-2-10-8(4-7)9-3-6(5-15)17-12(13(16)19)11(9)18-10/h1-4,18H,(H2,16,19). The molecule has 3 aromatic rings. The molecule has 3 N–H and O–H groups in total. The van der Waals surface area contributed by atoms with E-state index < -0.39 is 15.0 Å². The average Bonchev–Trinajstić information content (AvgIpc) is 2.82. The van der Waals surface area contributed by atoms with Gasteiger partial charge < -0.3 is 10.7 Å². The Morgan fingerprint density at radius 1 is 1.32 bits per heavy atom. The zero-order valence-electron chi connectivity index (χ0n) is 10.8. The number of nitrogens with zero attached hydrogens (tertiary/aromatic N) is 2. The second kappa shape index (κ2) is 4.69. The summed E-state index contributed by atoms with van der Waals surface area (Å²) in [6.45, 7) is 0. The van der Waals surface area contributed by atoms with Crippen molar-refractivity contribution in [3.63, 3.8) is 0 Å². The largest absolute Gasteiger partial charge is 0.364 e. The van der Waals surface area contributed by atoms with E-state index in [2.05, 4.69) is 9.97 Å². The fourth-order valence-electron chi connectivity index (χ4n) is 2.26. The highest BCUT2D eigenvalue weighted by Gasteiger charge is 2.17. The number of hydrogen-bond donors (Lipinski definition) is 2. The van der Waals surface area contributed by atoms with Gasteiger partial charge in [-0.05, 0) is 24.3 Å². The number of aromatic amines is 1. The van der Waals surface area contributed by atoms with Gasteiger partial charge in [-0.1, -0.05) is 0 Å². The molecule has 1 amide bonds. The molecule has 110 valence electrons. The van der Waals surface area contributed by atoms with Crippen molar-refractivity contribution < 1.29 is 13.2 Å². The molecule has 1 aromatic carbocycles. The van der Waals surface area contributed by atoms with Crippen molar-refractivity contribution in [3.8, 4) is 6.07 Å². The van der Waals surface area contributed by atoms with E-state index in [9.17, 15) is 13.2 Å². The van der Waals surface area contributed by atoms with Crippen LogP contribution in [0.3, 0.4) is 0 Å². The molecule has 2 aromatic heterocycles. The Hall–Kier alpha value is -2.63. The van der Waals surface area contributed by atoms with Crippen LogP contribution in [0.25, 0.3) is 21.8 Å². The van der Waals surface area contributed by atoms with Crippen molar-refractivity contribution in [2.45, 2.75) is 4.90 Å². The van der Waals surface area contributed by atoms with Gasteiger partial charge in [-0.2, -0.15) is 5.26 Å². The van der Waals surface area contributed by atoms with E-state index in [0.717, 1.165) is 0 Å². The van der Waals surface area contributed by atoms with Gasteiger partial charge in [0.25, 0.3) is 15.0 Å². The summed E-state index contributed by atoms with van der Waals surface area (Å²) in [6.07, 6.45) is 0. The van der Waals surface area contributed by atoms with Crippen molar-refractivity contribution >= 4 is 47.4 Å². The maximum Gasteiger partial charge on any atom is 0.269 e. The summed E-state index contributed by atoms with van der Waals surface area (Å²) in [4.78, 5) is 18.2. The Kier molecular flexibility index (Phi) is 3.05. The summed E-state index contributed by atoms with van der Waals surface area (Å²) in [7, 11) is 1.44. The summed E-state index contributed by atoms with van der Waals surface area (Å²) >= 11 is 0. The van der Waals surface area contributed by atoms with Gasteiger partial charge in [-0.25, -0.2) is 13.4 Å². The van der Waals surface area contributed by atoms with Gasteiger partial charge in [-0.3, -0.25) is 4.79 Å². The quantitative estimate of drug-likeness (QED) is 0.687. The van der Waals surface area contributed by atoms with Gasteiger partial charge in [0.2, 0.25) is 0 Å². The molecule has 0 radical (unpaired) electrons. The maximum atomic E-state index is 11.5. The molecule has 7 nitrogen and oxygen atoms in total. The molecule has 0 saturated carbocycles. The smallest absolute Gasteiger partial charge is 0.269 e. The van der Waals surface area contributed by atoms with Gasteiger partial charge in [-0.15, -0.1) is 0 Å². The van der Waals surface area contributed by atoms with Crippen LogP contribution >= 0.6 is 10.7 Å². The third kappa shape index (κ3) is 2.16. The highest BCUT2D eigenvalue weighted by molar-refractivity contribution is 8.13. The Morgan fingerprint density at radius 3 is 2.64 bits per heavy atom. The maximum absolute atomic E-state index is 11.5. The predicted molar refractivity (Wildman–Crippen MR) is 79.9 cm³/mol. The topological polar surface area (TPSA) is 130 Å². The van der Waals surface area contributed by atoms with Gasteiger partial charge in [0.05, 0.1) is 10.4 Å². The lowest BCUT2D eigenvalue weighted by Gasteiger charge is -1.99. The number of nitriles is 1. The number of rotatable bonds is 2. The highest BCUT2D eigenvalue weighted by Crippen LogP contribution is 2.30. The average molecular weight is 335 g/mol. The molecule has 2 heterocycles. The fourth-order valence-corrected chi connectivity index (χ4v) is 3.04. The van der Waals surface area contributed by atoms with Crippen molar-refractivity contribution in [3.05, 3.63) is 35.7 Å². The van der Waals surface area contributed by atoms with Crippen LogP contribution in [0, 0.1) is 11.3 Å². The van der Waals surface area contributed by atoms with Gasteiger partial charge in [0.15, 0.2) is 5.69 Å². The summed E-state index contributed by atoms with van der Waals surface area (Å²) < 4.78 is 22.9. The van der Waals surface area contributed by atoms with E-state index in [-0.39, 0.29) is 16.3 Å². The number of carbonyl (C=O) groups excluding carboxylic acids is 1. The number of nitrogens with two attached hydrogens (primary N) is 1. The van der Waals surface area contributed by atoms with E-state index in [0.29, 0.717) is 21.8 Å². The van der Waals surface area contributed by atoms with Crippen LogP contribution in [0.4, 0.5) is 0 Å². The molecular weight excluding hydrogens is 328 g/mol. The SMILES string of the molecule is N#Cc1cc2c([nH]c3ccc(S(=O)(=O)Cl)cc32)c(C(N)=O)n1. The number of primary amides is 1. The van der Waals surface area contributed by atoms with Crippen LogP contribution in [0.2, 0.25) is 0 Å². The molecule has 3 rings (SSSR count). The first-order valence-corrected chi connectivity index (χ1v) is 8.23. The normalized spacial score (nSPS) is 11.6. The highest BCUT2D eigenvalue weighted by atomic mass is 35.7. The second-order valence-electron chi connectivity index (χ2n) is 4.52. The third-order valence-corrected chi connectivity index (χ3v) is 4.54. The zero-order chi connectivity index (χ0) is 16.1. The minimum atomic E-state index is -3.90. The molecule has 0 aliphatic rings. The Balaban J connectivity index is 2.50. The van der Waals surface area contributed by atoms with Gasteiger partial charge >= 0.3 is 0 Å². The number of H-pyrrole nitrogens is 1. The number of hydrogen-bond acceptors (Lipinski definition) is 5. The molecule has 0 spiro atoms. The van der Waals surface area contributed by atoms with E-state index >= 15 is 0 Å². The number of aromatic nitrogens is 2. The molecule has 0 unspecified atom stereocenters.